The van der Waals surface area contributed by atoms with E-state index in [0.717, 1.165) is 24.9 Å². The van der Waals surface area contributed by atoms with Crippen molar-refractivity contribution < 1.29 is 9.59 Å². The zero-order valence-electron chi connectivity index (χ0n) is 21.3. The van der Waals surface area contributed by atoms with Gasteiger partial charge in [-0.25, -0.2) is 14.2 Å². The Morgan fingerprint density at radius 3 is 2.56 bits per heavy atom. The fourth-order valence-electron chi connectivity index (χ4n) is 4.96. The number of nitrogens with one attached hydrogen (secondary N) is 1. The highest BCUT2D eigenvalue weighted by Gasteiger charge is 2.34. The number of nitrogens with two attached hydrogens (primary N) is 1. The standard InChI is InChI=1S/C27H36N6O3/c1-19(2)22-12-15-30(3)18-32(22)27(36)33-23-10-9-21(17-24(23)31(16-13-28)26(33)35)25(34)29-14-11-20-7-5-4-6-8-20/h4-10,17,19,22H,11-16,18,28H2,1-3H3,(H,29,34)/t22-/m0/s1. The molecule has 192 valence electrons. The topological polar surface area (TPSA) is 106 Å². The number of imidazole rings is 1. The molecular formula is C27H36N6O3. The summed E-state index contributed by atoms with van der Waals surface area (Å²) >= 11 is 0. The van der Waals surface area contributed by atoms with Crippen molar-refractivity contribution in [1.29, 1.82) is 0 Å². The fourth-order valence-corrected chi connectivity index (χ4v) is 4.96. The van der Waals surface area contributed by atoms with Gasteiger partial charge in [-0.1, -0.05) is 44.2 Å². The van der Waals surface area contributed by atoms with Crippen LogP contribution >= 0.6 is 0 Å². The van der Waals surface area contributed by atoms with Crippen LogP contribution in [0.25, 0.3) is 11.0 Å². The normalized spacial score (nSPS) is 16.6. The molecule has 9 heteroatoms. The fraction of sp³-hybridized carbons (Fsp3) is 0.444. The first-order valence-corrected chi connectivity index (χ1v) is 12.6. The summed E-state index contributed by atoms with van der Waals surface area (Å²) < 4.78 is 2.72. The van der Waals surface area contributed by atoms with E-state index in [-0.39, 0.29) is 37.0 Å². The van der Waals surface area contributed by atoms with Crippen molar-refractivity contribution >= 4 is 23.0 Å². The second-order valence-electron chi connectivity index (χ2n) is 9.83. The van der Waals surface area contributed by atoms with Gasteiger partial charge in [-0.05, 0) is 49.6 Å². The molecule has 0 saturated carbocycles. The average Bonchev–Trinajstić information content (AvgIpc) is 3.14. The summed E-state index contributed by atoms with van der Waals surface area (Å²) in [5.74, 6) is 0.0399. The van der Waals surface area contributed by atoms with Gasteiger partial charge in [0.2, 0.25) is 0 Å². The molecular weight excluding hydrogens is 456 g/mol. The van der Waals surface area contributed by atoms with E-state index in [1.165, 1.54) is 9.13 Å². The lowest BCUT2D eigenvalue weighted by atomic mass is 9.98. The Labute approximate surface area is 211 Å². The molecule has 1 aliphatic heterocycles. The van der Waals surface area contributed by atoms with E-state index in [1.807, 2.05) is 37.4 Å². The lowest BCUT2D eigenvalue weighted by molar-refractivity contribution is 0.0606. The monoisotopic (exact) mass is 492 g/mol. The lowest BCUT2D eigenvalue weighted by Gasteiger charge is -2.41. The number of nitrogens with zero attached hydrogens (tertiary/aromatic N) is 4. The van der Waals surface area contributed by atoms with Crippen LogP contribution in [0.15, 0.2) is 53.3 Å². The number of rotatable bonds is 7. The first kappa shape index (κ1) is 25.7. The van der Waals surface area contributed by atoms with Crippen molar-refractivity contribution in [3.63, 3.8) is 0 Å². The second-order valence-corrected chi connectivity index (χ2v) is 9.83. The van der Waals surface area contributed by atoms with Gasteiger partial charge in [-0.2, -0.15) is 0 Å². The van der Waals surface area contributed by atoms with Crippen LogP contribution in [0.5, 0.6) is 0 Å². The molecule has 0 unspecified atom stereocenters. The summed E-state index contributed by atoms with van der Waals surface area (Å²) in [5.41, 5.74) is 7.95. The molecule has 2 amide bonds. The highest BCUT2D eigenvalue weighted by atomic mass is 16.2. The molecule has 2 heterocycles. The SMILES string of the molecule is CC(C)[C@@H]1CCN(C)CN1C(=O)n1c(=O)n(CCN)c2cc(C(=O)NCCc3ccccc3)ccc21. The Morgan fingerprint density at radius 2 is 1.86 bits per heavy atom. The molecule has 0 bridgehead atoms. The van der Waals surface area contributed by atoms with Crippen LogP contribution in [-0.2, 0) is 13.0 Å². The predicted octanol–water partition coefficient (Wildman–Crippen LogP) is 2.32. The molecule has 3 aromatic rings. The molecule has 0 spiro atoms. The van der Waals surface area contributed by atoms with Gasteiger partial charge >= 0.3 is 11.7 Å². The summed E-state index contributed by atoms with van der Waals surface area (Å²) in [7, 11) is 1.97. The van der Waals surface area contributed by atoms with E-state index in [1.54, 1.807) is 23.1 Å². The minimum Gasteiger partial charge on any atom is -0.352 e. The summed E-state index contributed by atoms with van der Waals surface area (Å²) in [6.07, 6.45) is 1.57. The summed E-state index contributed by atoms with van der Waals surface area (Å²) in [4.78, 5) is 43.9. The third kappa shape index (κ3) is 5.22. The van der Waals surface area contributed by atoms with E-state index >= 15 is 0 Å². The zero-order valence-corrected chi connectivity index (χ0v) is 21.3. The van der Waals surface area contributed by atoms with Gasteiger partial charge in [0.15, 0.2) is 0 Å². The van der Waals surface area contributed by atoms with Crippen molar-refractivity contribution in [1.82, 2.24) is 24.3 Å². The molecule has 0 aliphatic carbocycles. The van der Waals surface area contributed by atoms with Crippen LogP contribution in [0, 0.1) is 5.92 Å². The molecule has 36 heavy (non-hydrogen) atoms. The number of benzene rings is 2. The van der Waals surface area contributed by atoms with Crippen LogP contribution < -0.4 is 16.7 Å². The Bertz CT molecular complexity index is 1280. The largest absolute Gasteiger partial charge is 0.352 e. The Morgan fingerprint density at radius 1 is 1.11 bits per heavy atom. The van der Waals surface area contributed by atoms with Gasteiger partial charge in [0.05, 0.1) is 17.7 Å². The molecule has 4 rings (SSSR count). The van der Waals surface area contributed by atoms with Crippen LogP contribution in [0.2, 0.25) is 0 Å². The highest BCUT2D eigenvalue weighted by molar-refractivity contribution is 5.99. The third-order valence-electron chi connectivity index (χ3n) is 6.89. The molecule has 1 saturated heterocycles. The number of carbonyl (C=O) groups is 2. The molecule has 9 nitrogen and oxygen atoms in total. The third-order valence-corrected chi connectivity index (χ3v) is 6.89. The first-order chi connectivity index (χ1) is 17.3. The van der Waals surface area contributed by atoms with Gasteiger partial charge in [0, 0.05) is 37.8 Å². The number of amides is 2. The molecule has 1 fully saturated rings. The van der Waals surface area contributed by atoms with Crippen LogP contribution in [-0.4, -0.2) is 70.3 Å². The first-order valence-electron chi connectivity index (χ1n) is 12.6. The van der Waals surface area contributed by atoms with E-state index in [2.05, 4.69) is 24.1 Å². The van der Waals surface area contributed by atoms with Crippen molar-refractivity contribution in [2.24, 2.45) is 11.7 Å². The molecule has 1 aromatic heterocycles. The Hall–Kier alpha value is -3.43. The van der Waals surface area contributed by atoms with Crippen molar-refractivity contribution in [3.05, 3.63) is 70.1 Å². The number of fused-ring (bicyclic) bond motifs is 1. The molecule has 1 aliphatic rings. The number of carbonyl (C=O) groups excluding carboxylic acids is 2. The summed E-state index contributed by atoms with van der Waals surface area (Å²) in [5, 5.41) is 2.94. The van der Waals surface area contributed by atoms with Gasteiger partial charge in [0.1, 0.15) is 0 Å². The smallest absolute Gasteiger partial charge is 0.337 e. The van der Waals surface area contributed by atoms with Gasteiger partial charge in [-0.15, -0.1) is 0 Å². The molecule has 3 N–H and O–H groups in total. The highest BCUT2D eigenvalue weighted by Crippen LogP contribution is 2.23. The van der Waals surface area contributed by atoms with E-state index < -0.39 is 5.69 Å². The van der Waals surface area contributed by atoms with Gasteiger partial charge in [-0.3, -0.25) is 14.3 Å². The minimum absolute atomic E-state index is 0.0446. The second kappa shape index (κ2) is 11.1. The van der Waals surface area contributed by atoms with E-state index in [4.69, 9.17) is 5.73 Å². The number of aromatic nitrogens is 2. The maximum atomic E-state index is 13.7. The number of hydrogen-bond donors (Lipinski definition) is 2. The quantitative estimate of drug-likeness (QED) is 0.527. The number of hydrogen-bond acceptors (Lipinski definition) is 5. The van der Waals surface area contributed by atoms with Crippen LogP contribution in [0.1, 0.15) is 36.2 Å². The van der Waals surface area contributed by atoms with Crippen molar-refractivity contribution in [2.45, 2.75) is 39.3 Å². The molecule has 2 aromatic carbocycles. The van der Waals surface area contributed by atoms with Gasteiger partial charge < -0.3 is 16.0 Å². The maximum Gasteiger partial charge on any atom is 0.337 e. The summed E-state index contributed by atoms with van der Waals surface area (Å²) in [6, 6.07) is 14.7. The zero-order chi connectivity index (χ0) is 25.8. The molecule has 1 atom stereocenters. The Kier molecular flexibility index (Phi) is 7.91. The predicted molar refractivity (Wildman–Crippen MR) is 141 cm³/mol. The van der Waals surface area contributed by atoms with Crippen molar-refractivity contribution in [2.75, 3.05) is 33.4 Å². The van der Waals surface area contributed by atoms with Crippen LogP contribution in [0.3, 0.4) is 0 Å². The summed E-state index contributed by atoms with van der Waals surface area (Å²) in [6.45, 7) is 6.54. The Balaban J connectivity index is 1.64. The van der Waals surface area contributed by atoms with Crippen LogP contribution in [0.4, 0.5) is 4.79 Å². The molecule has 0 radical (unpaired) electrons. The van der Waals surface area contributed by atoms with Crippen molar-refractivity contribution in [3.8, 4) is 0 Å². The minimum atomic E-state index is -0.433. The average molecular weight is 493 g/mol. The van der Waals surface area contributed by atoms with Gasteiger partial charge in [0.25, 0.3) is 5.91 Å². The van der Waals surface area contributed by atoms with E-state index in [9.17, 15) is 14.4 Å². The lowest BCUT2D eigenvalue weighted by Crippen LogP contribution is -2.56. The maximum absolute atomic E-state index is 13.7. The van der Waals surface area contributed by atoms with E-state index in [0.29, 0.717) is 29.8 Å².